The number of nitrogens with one attached hydrogen (secondary N) is 6. The fourth-order valence-electron chi connectivity index (χ4n) is 7.45. The van der Waals surface area contributed by atoms with E-state index in [9.17, 15) is 38.7 Å². The molecule has 7 aromatic rings. The molecule has 21 heteroatoms. The highest BCUT2D eigenvalue weighted by molar-refractivity contribution is 6.06. The van der Waals surface area contributed by atoms with Crippen molar-refractivity contribution in [1.29, 1.82) is 0 Å². The van der Waals surface area contributed by atoms with E-state index in [4.69, 9.17) is 14.2 Å². The minimum atomic E-state index is -0.995. The average Bonchev–Trinajstić information content (AvgIpc) is 4.13. The van der Waals surface area contributed by atoms with Crippen molar-refractivity contribution in [2.24, 2.45) is 28.2 Å². The lowest BCUT2D eigenvalue weighted by molar-refractivity contribution is 0.0624. The second-order valence-electron chi connectivity index (χ2n) is 19.6. The molecule has 4 heterocycles. The van der Waals surface area contributed by atoms with Crippen LogP contribution in [0.15, 0.2) is 135 Å². The summed E-state index contributed by atoms with van der Waals surface area (Å²) in [7, 11) is 6.86. The van der Waals surface area contributed by atoms with Crippen LogP contribution in [0, 0.1) is 0 Å². The van der Waals surface area contributed by atoms with Gasteiger partial charge in [0.1, 0.15) is 40.6 Å². The highest BCUT2D eigenvalue weighted by Crippen LogP contribution is 2.27. The van der Waals surface area contributed by atoms with Crippen LogP contribution in [-0.2, 0) is 42.4 Å². The van der Waals surface area contributed by atoms with Gasteiger partial charge < -0.3 is 53.5 Å². The lowest BCUT2D eigenvalue weighted by atomic mass is 10.1. The molecule has 77 heavy (non-hydrogen) atoms. The first-order chi connectivity index (χ1) is 36.2. The molecule has 0 bridgehead atoms. The average molecular weight is 1050 g/mol. The van der Waals surface area contributed by atoms with Gasteiger partial charge in [0, 0.05) is 86.9 Å². The number of amides is 6. The molecule has 3 aromatic carbocycles. The predicted molar refractivity (Wildman–Crippen MR) is 295 cm³/mol. The van der Waals surface area contributed by atoms with Crippen LogP contribution in [0.1, 0.15) is 83.5 Å². The van der Waals surface area contributed by atoms with Gasteiger partial charge in [0.05, 0.1) is 11.4 Å². The van der Waals surface area contributed by atoms with E-state index in [-0.39, 0.29) is 30.0 Å². The van der Waals surface area contributed by atoms with Crippen LogP contribution in [0.25, 0.3) is 22.3 Å². The van der Waals surface area contributed by atoms with Gasteiger partial charge in [0.15, 0.2) is 0 Å². The second kappa shape index (κ2) is 24.0. The van der Waals surface area contributed by atoms with Gasteiger partial charge in [0.2, 0.25) is 0 Å². The largest absolute Gasteiger partial charge is 0.477 e. The SMILES string of the molecule is C=CCOC(=O)Nc1ccc(NC(=O)c2cc(-c3ccc(NC(=O)c4cc(NC(=O)OC(C)(C)C)cn4C)cc3)cn2C)cc1.Cn1cc(-c2ccc(NC(=O)c3cc(NC(=O)OC(C)(C)C)cn3C)cc2)cc1C(=O)O. The molecule has 0 fully saturated rings. The van der Waals surface area contributed by atoms with Crippen molar-refractivity contribution in [3.8, 4) is 22.3 Å². The van der Waals surface area contributed by atoms with Gasteiger partial charge in [-0.1, -0.05) is 36.9 Å². The molecule has 0 aliphatic rings. The molecule has 7 N–H and O–H groups in total. The maximum Gasteiger partial charge on any atom is 0.412 e. The van der Waals surface area contributed by atoms with Crippen molar-refractivity contribution in [2.45, 2.75) is 52.7 Å². The van der Waals surface area contributed by atoms with E-state index in [1.165, 1.54) is 6.08 Å². The molecule has 0 saturated carbocycles. The van der Waals surface area contributed by atoms with Gasteiger partial charge in [-0.25, -0.2) is 19.2 Å². The summed E-state index contributed by atoms with van der Waals surface area (Å²) in [4.78, 5) is 85.6. The van der Waals surface area contributed by atoms with Crippen LogP contribution in [0.3, 0.4) is 0 Å². The van der Waals surface area contributed by atoms with E-state index in [0.717, 1.165) is 22.3 Å². The van der Waals surface area contributed by atoms with Gasteiger partial charge in [0.25, 0.3) is 17.7 Å². The lowest BCUT2D eigenvalue weighted by Gasteiger charge is -2.19. The number of aromatic nitrogens is 4. The first-order valence-electron chi connectivity index (χ1n) is 23.9. The summed E-state index contributed by atoms with van der Waals surface area (Å²) in [6.07, 6.45) is 6.49. The van der Waals surface area contributed by atoms with E-state index in [0.29, 0.717) is 51.2 Å². The van der Waals surface area contributed by atoms with Crippen molar-refractivity contribution in [2.75, 3.05) is 38.5 Å². The number of benzene rings is 3. The number of anilines is 6. The van der Waals surface area contributed by atoms with Gasteiger partial charge in [-0.15, -0.1) is 0 Å². The quantitative estimate of drug-likeness (QED) is 0.0398. The molecule has 21 nitrogen and oxygen atoms in total. The number of carbonyl (C=O) groups excluding carboxylic acids is 6. The van der Waals surface area contributed by atoms with Gasteiger partial charge in [-0.05, 0) is 125 Å². The van der Waals surface area contributed by atoms with Crippen LogP contribution in [0.4, 0.5) is 48.5 Å². The van der Waals surface area contributed by atoms with E-state index in [2.05, 4.69) is 38.5 Å². The maximum atomic E-state index is 13.0. The molecule has 0 unspecified atom stereocenters. The number of nitrogens with zero attached hydrogens (tertiary/aromatic N) is 4. The third-order valence-corrected chi connectivity index (χ3v) is 10.9. The number of aromatic carboxylic acids is 1. The summed E-state index contributed by atoms with van der Waals surface area (Å²) in [5.74, 6) is -1.99. The third-order valence-electron chi connectivity index (χ3n) is 10.9. The second-order valence-corrected chi connectivity index (χ2v) is 19.6. The van der Waals surface area contributed by atoms with Crippen LogP contribution < -0.4 is 31.9 Å². The van der Waals surface area contributed by atoms with Crippen molar-refractivity contribution in [1.82, 2.24) is 18.3 Å². The summed E-state index contributed by atoms with van der Waals surface area (Å²) in [5, 5.41) is 25.6. The Morgan fingerprint density at radius 1 is 0.442 bits per heavy atom. The number of aryl methyl sites for hydroxylation is 4. The zero-order valence-corrected chi connectivity index (χ0v) is 44.4. The summed E-state index contributed by atoms with van der Waals surface area (Å²) < 4.78 is 21.9. The van der Waals surface area contributed by atoms with Crippen LogP contribution in [0.2, 0.25) is 0 Å². The van der Waals surface area contributed by atoms with Crippen molar-refractivity contribution in [3.05, 3.63) is 157 Å². The molecule has 0 saturated heterocycles. The van der Waals surface area contributed by atoms with Crippen molar-refractivity contribution in [3.63, 3.8) is 0 Å². The number of carboxylic acids is 1. The molecular weight excluding hydrogens is 989 g/mol. The summed E-state index contributed by atoms with van der Waals surface area (Å²) in [6.45, 7) is 14.2. The molecular formula is C56H62N10O11. The standard InChI is InChI=1S/C33H36N6O6.C23H26N4O5/c1-7-16-44-31(42)36-25-14-12-24(13-15-25)35-29(40)27-17-22(19-38(27)5)21-8-10-23(11-9-21)34-30(41)28-18-26(20-39(28)6)37-32(43)45-33(2,3)4;1-23(2,3)32-22(31)25-17-11-18(27(5)13-17)20(28)24-16-8-6-14(7-9-16)15-10-19(21(29)30)26(4)12-15/h7-15,17-20H,1,16H2,2-6H3,(H,34,41)(H,35,40)(H,36,42)(H,37,43);6-13H,1-5H3,(H,24,28)(H,25,31)(H,29,30). The Hall–Kier alpha value is -9.79. The Bertz CT molecular complexity index is 3310. The van der Waals surface area contributed by atoms with E-state index in [1.807, 2.05) is 18.3 Å². The van der Waals surface area contributed by atoms with Gasteiger partial charge in [-0.2, -0.15) is 0 Å². The topological polar surface area (TPSA) is 259 Å². The van der Waals surface area contributed by atoms with Crippen LogP contribution in [-0.4, -0.2) is 83.2 Å². The van der Waals surface area contributed by atoms with Crippen LogP contribution >= 0.6 is 0 Å². The Balaban J connectivity index is 0.000000264. The van der Waals surface area contributed by atoms with E-state index < -0.39 is 35.5 Å². The lowest BCUT2D eigenvalue weighted by Crippen LogP contribution is -2.27. The van der Waals surface area contributed by atoms with E-state index in [1.54, 1.807) is 192 Å². The van der Waals surface area contributed by atoms with Gasteiger partial charge >= 0.3 is 24.2 Å². The van der Waals surface area contributed by atoms with Gasteiger partial charge in [-0.3, -0.25) is 30.3 Å². The smallest absolute Gasteiger partial charge is 0.412 e. The van der Waals surface area contributed by atoms with Crippen molar-refractivity contribution >= 4 is 76.1 Å². The number of carboxylic acid groups (broad SMARTS) is 1. The fraction of sp³-hybridized carbons (Fsp3) is 0.232. The fourth-order valence-corrected chi connectivity index (χ4v) is 7.45. The number of hydrogen-bond donors (Lipinski definition) is 7. The zero-order chi connectivity index (χ0) is 56.4. The molecule has 0 aliphatic heterocycles. The minimum Gasteiger partial charge on any atom is -0.477 e. The summed E-state index contributed by atoms with van der Waals surface area (Å²) in [5.41, 5.74) is 6.44. The Morgan fingerprint density at radius 3 is 1.10 bits per heavy atom. The Kier molecular flexibility index (Phi) is 17.6. The molecule has 7 rings (SSSR count). The minimum absolute atomic E-state index is 0.103. The molecule has 6 amide bonds. The molecule has 0 spiro atoms. The van der Waals surface area contributed by atoms with Crippen molar-refractivity contribution < 1.29 is 52.9 Å². The highest BCUT2D eigenvalue weighted by atomic mass is 16.6. The number of hydrogen-bond acceptors (Lipinski definition) is 10. The monoisotopic (exact) mass is 1050 g/mol. The Labute approximate surface area is 444 Å². The summed E-state index contributed by atoms with van der Waals surface area (Å²) >= 11 is 0. The molecule has 0 aliphatic carbocycles. The maximum absolute atomic E-state index is 13.0. The predicted octanol–water partition coefficient (Wildman–Crippen LogP) is 10.9. The third kappa shape index (κ3) is 16.1. The van der Waals surface area contributed by atoms with E-state index >= 15 is 0 Å². The number of ether oxygens (including phenoxy) is 3. The molecule has 402 valence electrons. The molecule has 4 aromatic heterocycles. The number of carbonyl (C=O) groups is 7. The first kappa shape index (κ1) is 56.5. The number of rotatable bonds is 14. The highest BCUT2D eigenvalue weighted by Gasteiger charge is 2.21. The Morgan fingerprint density at radius 2 is 0.753 bits per heavy atom. The first-order valence-corrected chi connectivity index (χ1v) is 23.9. The molecule has 0 radical (unpaired) electrons. The molecule has 0 atom stereocenters. The summed E-state index contributed by atoms with van der Waals surface area (Å²) in [6, 6.07) is 27.5. The van der Waals surface area contributed by atoms with Crippen LogP contribution in [0.5, 0.6) is 0 Å². The zero-order valence-electron chi connectivity index (χ0n) is 44.4. The normalized spacial score (nSPS) is 11.0.